The van der Waals surface area contributed by atoms with Gasteiger partial charge in [0.15, 0.2) is 0 Å². The monoisotopic (exact) mass is 300 g/mol. The first-order chi connectivity index (χ1) is 9.68. The lowest BCUT2D eigenvalue weighted by Gasteiger charge is -2.32. The number of likely N-dealkylation sites (tertiary alicyclic amines) is 1. The van der Waals surface area contributed by atoms with E-state index < -0.39 is 0 Å². The minimum Gasteiger partial charge on any atom is -0.380 e. The summed E-state index contributed by atoms with van der Waals surface area (Å²) in [7, 11) is 0. The van der Waals surface area contributed by atoms with E-state index in [4.69, 9.17) is 4.74 Å². The second-order valence-corrected chi connectivity index (χ2v) is 7.33. The van der Waals surface area contributed by atoms with Crippen molar-refractivity contribution in [2.75, 3.05) is 50.9 Å². The Balaban J connectivity index is 1.76. The van der Waals surface area contributed by atoms with Crippen LogP contribution in [0, 0.1) is 5.92 Å². The van der Waals surface area contributed by atoms with Crippen molar-refractivity contribution in [1.29, 1.82) is 0 Å². The Labute approximate surface area is 127 Å². The summed E-state index contributed by atoms with van der Waals surface area (Å²) in [5, 5.41) is 0. The first-order valence-electron chi connectivity index (χ1n) is 7.87. The van der Waals surface area contributed by atoms with E-state index in [2.05, 4.69) is 23.6 Å². The van der Waals surface area contributed by atoms with Crippen LogP contribution in [0.3, 0.4) is 0 Å². The molecule has 2 aliphatic heterocycles. The summed E-state index contributed by atoms with van der Waals surface area (Å²) >= 11 is 1.95. The molecule has 0 spiro atoms. The van der Waals surface area contributed by atoms with Crippen molar-refractivity contribution in [2.24, 2.45) is 5.92 Å². The van der Waals surface area contributed by atoms with E-state index in [1.165, 1.54) is 0 Å². The van der Waals surface area contributed by atoms with Crippen LogP contribution in [-0.4, -0.2) is 72.6 Å². The molecule has 1 atom stereocenters. The van der Waals surface area contributed by atoms with Crippen LogP contribution in [0.25, 0.3) is 0 Å². The summed E-state index contributed by atoms with van der Waals surface area (Å²) < 4.78 is 5.66. The number of thioether (sulfide) groups is 1. The van der Waals surface area contributed by atoms with E-state index in [9.17, 15) is 4.79 Å². The van der Waals surface area contributed by atoms with Gasteiger partial charge >= 0.3 is 0 Å². The van der Waals surface area contributed by atoms with Gasteiger partial charge in [-0.2, -0.15) is 11.8 Å². The standard InChI is InChI=1S/C15H28N2O2S/c1-13(2)12-19-9-6-16-5-3-4-14(16)15(18)17-7-10-20-11-8-17/h13-14H,3-12H2,1-2H3/t14-/m1/s1. The molecule has 2 saturated heterocycles. The van der Waals surface area contributed by atoms with E-state index in [0.29, 0.717) is 11.8 Å². The van der Waals surface area contributed by atoms with Crippen molar-refractivity contribution in [2.45, 2.75) is 32.7 Å². The van der Waals surface area contributed by atoms with Crippen molar-refractivity contribution >= 4 is 17.7 Å². The summed E-state index contributed by atoms with van der Waals surface area (Å²) in [5.41, 5.74) is 0. The maximum absolute atomic E-state index is 12.6. The molecule has 0 bridgehead atoms. The van der Waals surface area contributed by atoms with Crippen molar-refractivity contribution < 1.29 is 9.53 Å². The summed E-state index contributed by atoms with van der Waals surface area (Å²) in [6.45, 7) is 9.69. The van der Waals surface area contributed by atoms with Crippen LogP contribution >= 0.6 is 11.8 Å². The highest BCUT2D eigenvalue weighted by Crippen LogP contribution is 2.20. The van der Waals surface area contributed by atoms with E-state index in [1.54, 1.807) is 0 Å². The third-order valence-corrected chi connectivity index (χ3v) is 4.89. The average Bonchev–Trinajstić information content (AvgIpc) is 2.92. The van der Waals surface area contributed by atoms with Gasteiger partial charge in [0, 0.05) is 37.7 Å². The molecule has 0 aromatic rings. The Bertz CT molecular complexity index is 306. The first-order valence-corrected chi connectivity index (χ1v) is 9.02. The molecule has 2 heterocycles. The zero-order chi connectivity index (χ0) is 14.4. The second-order valence-electron chi connectivity index (χ2n) is 6.10. The Morgan fingerprint density at radius 2 is 2.05 bits per heavy atom. The Morgan fingerprint density at radius 3 is 2.75 bits per heavy atom. The number of amides is 1. The van der Waals surface area contributed by atoms with E-state index in [1.807, 2.05) is 11.8 Å². The van der Waals surface area contributed by atoms with Crippen molar-refractivity contribution in [3.63, 3.8) is 0 Å². The molecule has 0 aromatic carbocycles. The highest BCUT2D eigenvalue weighted by molar-refractivity contribution is 7.99. The summed E-state index contributed by atoms with van der Waals surface area (Å²) in [6, 6.07) is 0.112. The SMILES string of the molecule is CC(C)COCCN1CCC[C@@H]1C(=O)N1CCSCC1. The molecule has 4 nitrogen and oxygen atoms in total. The van der Waals surface area contributed by atoms with Crippen LogP contribution in [0.2, 0.25) is 0 Å². The molecule has 116 valence electrons. The van der Waals surface area contributed by atoms with Gasteiger partial charge in [0.2, 0.25) is 5.91 Å². The highest BCUT2D eigenvalue weighted by Gasteiger charge is 2.33. The van der Waals surface area contributed by atoms with Gasteiger partial charge in [-0.15, -0.1) is 0 Å². The molecule has 0 N–H and O–H groups in total. The zero-order valence-electron chi connectivity index (χ0n) is 12.8. The minimum absolute atomic E-state index is 0.112. The summed E-state index contributed by atoms with van der Waals surface area (Å²) in [5.74, 6) is 3.12. The average molecular weight is 300 g/mol. The molecule has 0 radical (unpaired) electrons. The molecule has 0 aliphatic carbocycles. The van der Waals surface area contributed by atoms with Gasteiger partial charge in [-0.25, -0.2) is 0 Å². The third kappa shape index (κ3) is 4.64. The molecule has 0 aromatic heterocycles. The smallest absolute Gasteiger partial charge is 0.239 e. The molecule has 1 amide bonds. The van der Waals surface area contributed by atoms with Gasteiger partial charge in [0.25, 0.3) is 0 Å². The molecular formula is C15H28N2O2S. The lowest BCUT2D eigenvalue weighted by molar-refractivity contribution is -0.135. The van der Waals surface area contributed by atoms with Crippen molar-refractivity contribution in [3.8, 4) is 0 Å². The molecule has 2 fully saturated rings. The fourth-order valence-corrected chi connectivity index (χ4v) is 3.77. The number of nitrogens with zero attached hydrogens (tertiary/aromatic N) is 2. The number of ether oxygens (including phenoxy) is 1. The number of carbonyl (C=O) groups is 1. The zero-order valence-corrected chi connectivity index (χ0v) is 13.7. The summed E-state index contributed by atoms with van der Waals surface area (Å²) in [4.78, 5) is 17.0. The summed E-state index contributed by atoms with van der Waals surface area (Å²) in [6.07, 6.45) is 2.16. The molecular weight excluding hydrogens is 272 g/mol. The topological polar surface area (TPSA) is 32.8 Å². The van der Waals surface area contributed by atoms with Gasteiger partial charge in [0.05, 0.1) is 12.6 Å². The van der Waals surface area contributed by atoms with Crippen LogP contribution in [0.4, 0.5) is 0 Å². The van der Waals surface area contributed by atoms with Crippen LogP contribution in [0.5, 0.6) is 0 Å². The quantitative estimate of drug-likeness (QED) is 0.699. The van der Waals surface area contributed by atoms with E-state index in [-0.39, 0.29) is 6.04 Å². The van der Waals surface area contributed by atoms with Crippen LogP contribution in [0.15, 0.2) is 0 Å². The largest absolute Gasteiger partial charge is 0.380 e. The number of carbonyl (C=O) groups excluding carboxylic acids is 1. The Kier molecular flexibility index (Phi) is 6.65. The molecule has 2 rings (SSSR count). The number of hydrogen-bond acceptors (Lipinski definition) is 4. The Morgan fingerprint density at radius 1 is 1.30 bits per heavy atom. The third-order valence-electron chi connectivity index (χ3n) is 3.95. The highest BCUT2D eigenvalue weighted by atomic mass is 32.2. The van der Waals surface area contributed by atoms with Gasteiger partial charge in [-0.1, -0.05) is 13.8 Å². The Hall–Kier alpha value is -0.260. The van der Waals surface area contributed by atoms with E-state index >= 15 is 0 Å². The number of rotatable bonds is 6. The normalized spacial score (nSPS) is 24.6. The molecule has 2 aliphatic rings. The molecule has 20 heavy (non-hydrogen) atoms. The van der Waals surface area contributed by atoms with Crippen LogP contribution < -0.4 is 0 Å². The first kappa shape index (κ1) is 16.1. The predicted molar refractivity (Wildman–Crippen MR) is 84.2 cm³/mol. The minimum atomic E-state index is 0.112. The van der Waals surface area contributed by atoms with Crippen LogP contribution in [0.1, 0.15) is 26.7 Å². The fraction of sp³-hybridized carbons (Fsp3) is 0.933. The van der Waals surface area contributed by atoms with Gasteiger partial charge in [-0.05, 0) is 25.3 Å². The van der Waals surface area contributed by atoms with Gasteiger partial charge in [0.1, 0.15) is 0 Å². The van der Waals surface area contributed by atoms with Gasteiger partial charge in [-0.3, -0.25) is 9.69 Å². The maximum atomic E-state index is 12.6. The molecule has 5 heteroatoms. The van der Waals surface area contributed by atoms with E-state index in [0.717, 1.165) is 63.7 Å². The van der Waals surface area contributed by atoms with Gasteiger partial charge < -0.3 is 9.64 Å². The lowest BCUT2D eigenvalue weighted by Crippen LogP contribution is -2.49. The van der Waals surface area contributed by atoms with Crippen molar-refractivity contribution in [3.05, 3.63) is 0 Å². The van der Waals surface area contributed by atoms with Crippen LogP contribution in [-0.2, 0) is 9.53 Å². The predicted octanol–water partition coefficient (Wildman–Crippen LogP) is 1.70. The number of hydrogen-bond donors (Lipinski definition) is 0. The lowest BCUT2D eigenvalue weighted by atomic mass is 10.2. The molecule has 0 unspecified atom stereocenters. The maximum Gasteiger partial charge on any atom is 0.239 e. The molecule has 0 saturated carbocycles. The van der Waals surface area contributed by atoms with Crippen molar-refractivity contribution in [1.82, 2.24) is 9.80 Å². The fourth-order valence-electron chi connectivity index (χ4n) is 2.87. The second kappa shape index (κ2) is 8.25.